The molecule has 0 aliphatic rings. The molecule has 0 saturated heterocycles. The van der Waals surface area contributed by atoms with E-state index in [1.54, 1.807) is 17.5 Å². The van der Waals surface area contributed by atoms with Crippen molar-refractivity contribution in [1.82, 2.24) is 9.97 Å². The van der Waals surface area contributed by atoms with E-state index in [-0.39, 0.29) is 0 Å². The van der Waals surface area contributed by atoms with Crippen LogP contribution >= 0.6 is 11.3 Å². The van der Waals surface area contributed by atoms with Crippen molar-refractivity contribution in [1.29, 1.82) is 0 Å². The van der Waals surface area contributed by atoms with Gasteiger partial charge in [-0.15, -0.1) is 11.3 Å². The minimum Gasteiger partial charge on any atom is -0.364 e. The van der Waals surface area contributed by atoms with Gasteiger partial charge in [-0.3, -0.25) is 4.98 Å². The summed E-state index contributed by atoms with van der Waals surface area (Å²) in [5.41, 5.74) is 3.21. The van der Waals surface area contributed by atoms with Crippen molar-refractivity contribution < 1.29 is 0 Å². The van der Waals surface area contributed by atoms with Gasteiger partial charge in [0.25, 0.3) is 0 Å². The number of nitrogens with zero attached hydrogens (tertiary/aromatic N) is 2. The van der Waals surface area contributed by atoms with Crippen LogP contribution in [0.1, 0.15) is 21.8 Å². The van der Waals surface area contributed by atoms with Crippen molar-refractivity contribution in [3.63, 3.8) is 0 Å². The number of anilines is 1. The first-order valence-electron chi connectivity index (χ1n) is 5.24. The molecule has 0 radical (unpaired) electrons. The minimum atomic E-state index is 0.822. The van der Waals surface area contributed by atoms with Gasteiger partial charge in [0, 0.05) is 11.1 Å². The third kappa shape index (κ3) is 2.39. The molecule has 0 bridgehead atoms. The highest BCUT2D eigenvalue weighted by atomic mass is 32.1. The Balaban J connectivity index is 2.10. The maximum atomic E-state index is 4.43. The summed E-state index contributed by atoms with van der Waals surface area (Å²) in [7, 11) is 0. The number of aryl methyl sites for hydroxylation is 3. The minimum absolute atomic E-state index is 0.822. The zero-order valence-electron chi connectivity index (χ0n) is 9.74. The van der Waals surface area contributed by atoms with E-state index >= 15 is 0 Å². The van der Waals surface area contributed by atoms with Crippen LogP contribution in [0.2, 0.25) is 0 Å². The lowest BCUT2D eigenvalue weighted by molar-refractivity contribution is 1.02. The number of aromatic nitrogens is 2. The highest BCUT2D eigenvalue weighted by Crippen LogP contribution is 2.17. The largest absolute Gasteiger partial charge is 0.364 e. The van der Waals surface area contributed by atoms with E-state index in [9.17, 15) is 0 Å². The molecule has 3 nitrogen and oxygen atoms in total. The first-order valence-corrected chi connectivity index (χ1v) is 6.12. The molecule has 0 atom stereocenters. The third-order valence-electron chi connectivity index (χ3n) is 2.46. The topological polar surface area (TPSA) is 37.8 Å². The fourth-order valence-corrected chi connectivity index (χ4v) is 2.30. The number of rotatable bonds is 3. The van der Waals surface area contributed by atoms with E-state index in [2.05, 4.69) is 33.7 Å². The van der Waals surface area contributed by atoms with E-state index in [0.29, 0.717) is 0 Å². The Morgan fingerprint density at radius 2 is 2.12 bits per heavy atom. The second kappa shape index (κ2) is 4.61. The van der Waals surface area contributed by atoms with Crippen molar-refractivity contribution in [3.05, 3.63) is 39.5 Å². The monoisotopic (exact) mass is 233 g/mol. The molecule has 1 N–H and O–H groups in total. The summed E-state index contributed by atoms with van der Waals surface area (Å²) < 4.78 is 0. The summed E-state index contributed by atoms with van der Waals surface area (Å²) >= 11 is 1.77. The van der Waals surface area contributed by atoms with Crippen LogP contribution in [0.25, 0.3) is 0 Å². The quantitative estimate of drug-likeness (QED) is 0.885. The fourth-order valence-electron chi connectivity index (χ4n) is 1.45. The van der Waals surface area contributed by atoms with Gasteiger partial charge in [0.15, 0.2) is 0 Å². The molecular formula is C12H15N3S. The molecule has 0 saturated carbocycles. The van der Waals surface area contributed by atoms with Crippen LogP contribution in [0.3, 0.4) is 0 Å². The van der Waals surface area contributed by atoms with Crippen molar-refractivity contribution in [3.8, 4) is 0 Å². The van der Waals surface area contributed by atoms with Crippen molar-refractivity contribution >= 4 is 17.2 Å². The molecule has 0 spiro atoms. The number of hydrogen-bond donors (Lipinski definition) is 1. The van der Waals surface area contributed by atoms with Gasteiger partial charge >= 0.3 is 0 Å². The van der Waals surface area contributed by atoms with Crippen LogP contribution in [0, 0.1) is 20.8 Å². The molecule has 2 aromatic rings. The molecule has 84 valence electrons. The predicted molar refractivity (Wildman–Crippen MR) is 67.9 cm³/mol. The summed E-state index contributed by atoms with van der Waals surface area (Å²) in [5, 5.41) is 5.45. The van der Waals surface area contributed by atoms with Crippen LogP contribution in [0.5, 0.6) is 0 Å². The molecular weight excluding hydrogens is 218 g/mol. The van der Waals surface area contributed by atoms with Gasteiger partial charge in [-0.05, 0) is 37.8 Å². The Morgan fingerprint density at radius 3 is 2.81 bits per heavy atom. The number of thiophene rings is 1. The van der Waals surface area contributed by atoms with Crippen molar-refractivity contribution in [2.24, 2.45) is 0 Å². The van der Waals surface area contributed by atoms with E-state index in [4.69, 9.17) is 0 Å². The molecule has 2 rings (SSSR count). The van der Waals surface area contributed by atoms with Gasteiger partial charge < -0.3 is 5.32 Å². The van der Waals surface area contributed by atoms with Gasteiger partial charge in [-0.2, -0.15) is 0 Å². The van der Waals surface area contributed by atoms with E-state index in [1.165, 1.54) is 10.4 Å². The Kier molecular flexibility index (Phi) is 3.19. The predicted octanol–water partition coefficient (Wildman–Crippen LogP) is 3.08. The second-order valence-electron chi connectivity index (χ2n) is 3.83. The first-order chi connectivity index (χ1) is 7.66. The fraction of sp³-hybridized carbons (Fsp3) is 0.333. The molecule has 0 amide bonds. The molecule has 2 aromatic heterocycles. The highest BCUT2D eigenvalue weighted by Gasteiger charge is 2.03. The van der Waals surface area contributed by atoms with Crippen LogP contribution in [-0.4, -0.2) is 9.97 Å². The summed E-state index contributed by atoms with van der Waals surface area (Å²) in [6.07, 6.45) is 1.79. The molecule has 0 aliphatic carbocycles. The normalized spacial score (nSPS) is 10.4. The standard InChI is InChI=1S/C12H15N3S/c1-8-4-5-16-11(8)7-14-12-10(3)13-6-9(2)15-12/h4-6H,7H2,1-3H3,(H,14,15). The van der Waals surface area contributed by atoms with Crippen molar-refractivity contribution in [2.45, 2.75) is 27.3 Å². The van der Waals surface area contributed by atoms with E-state index in [0.717, 1.165) is 23.8 Å². The maximum Gasteiger partial charge on any atom is 0.148 e. The maximum absolute atomic E-state index is 4.43. The van der Waals surface area contributed by atoms with Gasteiger partial charge in [0.2, 0.25) is 0 Å². The molecule has 0 aromatic carbocycles. The Bertz CT molecular complexity index is 491. The molecule has 2 heterocycles. The third-order valence-corrected chi connectivity index (χ3v) is 3.48. The Labute approximate surface area is 99.6 Å². The Hall–Kier alpha value is -1.42. The van der Waals surface area contributed by atoms with Crippen LogP contribution in [0.15, 0.2) is 17.6 Å². The molecule has 0 unspecified atom stereocenters. The van der Waals surface area contributed by atoms with Crippen LogP contribution in [0.4, 0.5) is 5.82 Å². The average molecular weight is 233 g/mol. The summed E-state index contributed by atoms with van der Waals surface area (Å²) in [4.78, 5) is 10.1. The summed E-state index contributed by atoms with van der Waals surface area (Å²) in [6, 6.07) is 2.14. The Morgan fingerprint density at radius 1 is 1.31 bits per heavy atom. The van der Waals surface area contributed by atoms with Crippen molar-refractivity contribution in [2.75, 3.05) is 5.32 Å². The van der Waals surface area contributed by atoms with Gasteiger partial charge in [-0.25, -0.2) is 4.98 Å². The lowest BCUT2D eigenvalue weighted by Gasteiger charge is -2.08. The SMILES string of the molecule is Cc1cnc(C)c(NCc2sccc2C)n1. The summed E-state index contributed by atoms with van der Waals surface area (Å²) in [5.74, 6) is 0.882. The molecule has 4 heteroatoms. The van der Waals surface area contributed by atoms with Gasteiger partial charge in [-0.1, -0.05) is 0 Å². The van der Waals surface area contributed by atoms with Crippen LogP contribution in [-0.2, 0) is 6.54 Å². The van der Waals surface area contributed by atoms with Gasteiger partial charge in [0.1, 0.15) is 5.82 Å². The van der Waals surface area contributed by atoms with E-state index < -0.39 is 0 Å². The summed E-state index contributed by atoms with van der Waals surface area (Å²) in [6.45, 7) is 6.87. The number of nitrogens with one attached hydrogen (secondary N) is 1. The molecule has 16 heavy (non-hydrogen) atoms. The molecule has 0 fully saturated rings. The van der Waals surface area contributed by atoms with Crippen LogP contribution < -0.4 is 5.32 Å². The zero-order valence-corrected chi connectivity index (χ0v) is 10.6. The molecule has 0 aliphatic heterocycles. The highest BCUT2D eigenvalue weighted by molar-refractivity contribution is 7.10. The second-order valence-corrected chi connectivity index (χ2v) is 4.83. The van der Waals surface area contributed by atoms with E-state index in [1.807, 2.05) is 13.8 Å². The zero-order chi connectivity index (χ0) is 11.5. The first kappa shape index (κ1) is 11.1. The smallest absolute Gasteiger partial charge is 0.148 e. The lowest BCUT2D eigenvalue weighted by Crippen LogP contribution is -2.04. The average Bonchev–Trinajstić information content (AvgIpc) is 2.66. The number of hydrogen-bond acceptors (Lipinski definition) is 4. The lowest BCUT2D eigenvalue weighted by atomic mass is 10.3. The van der Waals surface area contributed by atoms with Gasteiger partial charge in [0.05, 0.1) is 17.9 Å².